The summed E-state index contributed by atoms with van der Waals surface area (Å²) in [7, 11) is 0. The van der Waals surface area contributed by atoms with Crippen molar-refractivity contribution in [1.82, 2.24) is 10.2 Å². The van der Waals surface area contributed by atoms with Gasteiger partial charge in [0.25, 0.3) is 0 Å². The monoisotopic (exact) mass is 252 g/mol. The Hall–Kier alpha value is -0.570. The van der Waals surface area contributed by atoms with E-state index in [1.54, 1.807) is 0 Å². The number of nitrogens with zero attached hydrogens (tertiary/aromatic N) is 1. The highest BCUT2D eigenvalue weighted by atomic mass is 16.2. The molecule has 2 fully saturated rings. The van der Waals surface area contributed by atoms with Gasteiger partial charge in [-0.1, -0.05) is 27.2 Å². The molecule has 18 heavy (non-hydrogen) atoms. The molecule has 4 unspecified atom stereocenters. The summed E-state index contributed by atoms with van der Waals surface area (Å²) in [5, 5.41) is 3.42. The Morgan fingerprint density at radius 2 is 2.06 bits per heavy atom. The number of hydrogen-bond donors (Lipinski definition) is 1. The number of piperidine rings is 2. The molecule has 0 spiro atoms. The molecule has 2 heterocycles. The number of carbonyl (C=O) groups is 1. The maximum atomic E-state index is 12.5. The molecule has 2 saturated heterocycles. The lowest BCUT2D eigenvalue weighted by Crippen LogP contribution is -2.53. The van der Waals surface area contributed by atoms with Crippen molar-refractivity contribution in [2.24, 2.45) is 17.8 Å². The van der Waals surface area contributed by atoms with Crippen molar-refractivity contribution >= 4 is 5.91 Å². The van der Waals surface area contributed by atoms with Gasteiger partial charge in [-0.05, 0) is 43.6 Å². The Morgan fingerprint density at radius 1 is 1.28 bits per heavy atom. The van der Waals surface area contributed by atoms with Gasteiger partial charge in [0, 0.05) is 13.1 Å². The molecule has 4 atom stereocenters. The van der Waals surface area contributed by atoms with Gasteiger partial charge in [0.1, 0.15) is 0 Å². The predicted molar refractivity (Wildman–Crippen MR) is 74.3 cm³/mol. The van der Waals surface area contributed by atoms with E-state index in [4.69, 9.17) is 0 Å². The van der Waals surface area contributed by atoms with Crippen LogP contribution in [0.4, 0.5) is 0 Å². The summed E-state index contributed by atoms with van der Waals surface area (Å²) in [6.07, 6.45) is 4.64. The van der Waals surface area contributed by atoms with Crippen LogP contribution in [0, 0.1) is 17.8 Å². The van der Waals surface area contributed by atoms with E-state index in [-0.39, 0.29) is 6.04 Å². The van der Waals surface area contributed by atoms with Crippen LogP contribution in [0.3, 0.4) is 0 Å². The zero-order valence-corrected chi connectivity index (χ0v) is 12.1. The maximum absolute atomic E-state index is 12.5. The molecule has 2 aliphatic heterocycles. The molecule has 0 saturated carbocycles. The fourth-order valence-corrected chi connectivity index (χ4v) is 3.24. The molecule has 1 N–H and O–H groups in total. The second-order valence-electron chi connectivity index (χ2n) is 6.33. The minimum Gasteiger partial charge on any atom is -0.341 e. The van der Waals surface area contributed by atoms with Gasteiger partial charge in [-0.15, -0.1) is 0 Å². The molecule has 0 aromatic rings. The third-order valence-electron chi connectivity index (χ3n) is 5.03. The smallest absolute Gasteiger partial charge is 0.239 e. The highest BCUT2D eigenvalue weighted by molar-refractivity contribution is 5.82. The highest BCUT2D eigenvalue weighted by Crippen LogP contribution is 2.25. The highest BCUT2D eigenvalue weighted by Gasteiger charge is 2.32. The number of nitrogens with one attached hydrogen (secondary N) is 1. The molecule has 1 amide bonds. The molecule has 0 aliphatic carbocycles. The molecule has 0 bridgehead atoms. The number of hydrogen-bond acceptors (Lipinski definition) is 2. The van der Waals surface area contributed by atoms with Gasteiger partial charge in [-0.25, -0.2) is 0 Å². The first-order chi connectivity index (χ1) is 8.61. The number of amides is 1. The molecule has 3 nitrogen and oxygen atoms in total. The average molecular weight is 252 g/mol. The Labute approximate surface area is 111 Å². The van der Waals surface area contributed by atoms with E-state index in [2.05, 4.69) is 31.0 Å². The molecule has 2 rings (SSSR count). The van der Waals surface area contributed by atoms with Gasteiger partial charge in [-0.2, -0.15) is 0 Å². The molecular weight excluding hydrogens is 224 g/mol. The minimum absolute atomic E-state index is 0.0873. The van der Waals surface area contributed by atoms with Crippen molar-refractivity contribution in [3.05, 3.63) is 0 Å². The summed E-state index contributed by atoms with van der Waals surface area (Å²) in [5.41, 5.74) is 0. The Kier molecular flexibility index (Phi) is 4.66. The third kappa shape index (κ3) is 3.05. The van der Waals surface area contributed by atoms with Crippen LogP contribution in [-0.2, 0) is 4.79 Å². The van der Waals surface area contributed by atoms with E-state index >= 15 is 0 Å². The van der Waals surface area contributed by atoms with E-state index in [9.17, 15) is 4.79 Å². The fraction of sp³-hybridized carbons (Fsp3) is 0.933. The van der Waals surface area contributed by atoms with Crippen LogP contribution in [-0.4, -0.2) is 36.5 Å². The number of carbonyl (C=O) groups excluding carboxylic acids is 1. The van der Waals surface area contributed by atoms with Gasteiger partial charge in [0.2, 0.25) is 5.91 Å². The summed E-state index contributed by atoms with van der Waals surface area (Å²) in [5.74, 6) is 2.50. The molecular formula is C15H28N2O. The van der Waals surface area contributed by atoms with Crippen LogP contribution in [0.2, 0.25) is 0 Å². The lowest BCUT2D eigenvalue weighted by atomic mass is 9.86. The summed E-state index contributed by atoms with van der Waals surface area (Å²) < 4.78 is 0. The lowest BCUT2D eigenvalue weighted by Gasteiger charge is -2.39. The van der Waals surface area contributed by atoms with Gasteiger partial charge in [0.05, 0.1) is 6.04 Å². The van der Waals surface area contributed by atoms with Crippen molar-refractivity contribution in [3.63, 3.8) is 0 Å². The van der Waals surface area contributed by atoms with Gasteiger partial charge >= 0.3 is 0 Å². The standard InChI is InChI=1S/C15H28N2O/c1-4-13-5-7-16-14(9-13)15(18)17-8-6-11(2)12(3)10-17/h11-14,16H,4-10H2,1-3H3. The van der Waals surface area contributed by atoms with Crippen molar-refractivity contribution in [2.75, 3.05) is 19.6 Å². The largest absolute Gasteiger partial charge is 0.341 e. The van der Waals surface area contributed by atoms with E-state index < -0.39 is 0 Å². The Morgan fingerprint density at radius 3 is 2.72 bits per heavy atom. The second-order valence-corrected chi connectivity index (χ2v) is 6.33. The fourth-order valence-electron chi connectivity index (χ4n) is 3.24. The zero-order chi connectivity index (χ0) is 13.1. The van der Waals surface area contributed by atoms with E-state index in [1.807, 2.05) is 0 Å². The topological polar surface area (TPSA) is 32.3 Å². The van der Waals surface area contributed by atoms with Crippen LogP contribution >= 0.6 is 0 Å². The van der Waals surface area contributed by atoms with Crippen LogP contribution < -0.4 is 5.32 Å². The van der Waals surface area contributed by atoms with Crippen LogP contribution in [0.15, 0.2) is 0 Å². The first-order valence-electron chi connectivity index (χ1n) is 7.64. The summed E-state index contributed by atoms with van der Waals surface area (Å²) in [6.45, 7) is 9.73. The normalized spacial score (nSPS) is 37.6. The summed E-state index contributed by atoms with van der Waals surface area (Å²) in [6, 6.07) is 0.0873. The first kappa shape index (κ1) is 13.9. The molecule has 0 aromatic heterocycles. The average Bonchev–Trinajstić information content (AvgIpc) is 2.41. The number of likely N-dealkylation sites (tertiary alicyclic amines) is 1. The Balaban J connectivity index is 1.90. The van der Waals surface area contributed by atoms with Crippen LogP contribution in [0.1, 0.15) is 46.5 Å². The molecule has 2 aliphatic rings. The molecule has 0 radical (unpaired) electrons. The number of rotatable bonds is 2. The van der Waals surface area contributed by atoms with E-state index in [0.717, 1.165) is 44.3 Å². The van der Waals surface area contributed by atoms with Crippen molar-refractivity contribution in [1.29, 1.82) is 0 Å². The molecule has 0 aromatic carbocycles. The van der Waals surface area contributed by atoms with Crippen LogP contribution in [0.25, 0.3) is 0 Å². The molecule has 3 heteroatoms. The summed E-state index contributed by atoms with van der Waals surface area (Å²) in [4.78, 5) is 14.6. The summed E-state index contributed by atoms with van der Waals surface area (Å²) >= 11 is 0. The van der Waals surface area contributed by atoms with Gasteiger partial charge < -0.3 is 10.2 Å². The van der Waals surface area contributed by atoms with Gasteiger partial charge in [-0.3, -0.25) is 4.79 Å². The zero-order valence-electron chi connectivity index (χ0n) is 12.1. The van der Waals surface area contributed by atoms with Crippen molar-refractivity contribution in [2.45, 2.75) is 52.5 Å². The minimum atomic E-state index is 0.0873. The van der Waals surface area contributed by atoms with Crippen molar-refractivity contribution < 1.29 is 4.79 Å². The Bertz CT molecular complexity index is 284. The second kappa shape index (κ2) is 6.05. The first-order valence-corrected chi connectivity index (χ1v) is 7.64. The lowest BCUT2D eigenvalue weighted by molar-refractivity contribution is -0.136. The molecule has 104 valence electrons. The van der Waals surface area contributed by atoms with E-state index in [1.165, 1.54) is 12.8 Å². The predicted octanol–water partition coefficient (Wildman–Crippen LogP) is 2.27. The third-order valence-corrected chi connectivity index (χ3v) is 5.03. The maximum Gasteiger partial charge on any atom is 0.239 e. The van der Waals surface area contributed by atoms with Crippen LogP contribution in [0.5, 0.6) is 0 Å². The quantitative estimate of drug-likeness (QED) is 0.817. The SMILES string of the molecule is CCC1CCNC(C(=O)N2CCC(C)C(C)C2)C1. The van der Waals surface area contributed by atoms with Gasteiger partial charge in [0.15, 0.2) is 0 Å². The van der Waals surface area contributed by atoms with E-state index in [0.29, 0.717) is 11.8 Å². The van der Waals surface area contributed by atoms with Crippen molar-refractivity contribution in [3.8, 4) is 0 Å².